The summed E-state index contributed by atoms with van der Waals surface area (Å²) in [5.74, 6) is 1.70. The van der Waals surface area contributed by atoms with Crippen LogP contribution in [-0.4, -0.2) is 16.2 Å². The van der Waals surface area contributed by atoms with Gasteiger partial charge >= 0.3 is 0 Å². The van der Waals surface area contributed by atoms with Gasteiger partial charge in [-0.1, -0.05) is 0 Å². The van der Waals surface area contributed by atoms with Crippen molar-refractivity contribution >= 4 is 17.6 Å². The van der Waals surface area contributed by atoms with E-state index >= 15 is 0 Å². The van der Waals surface area contributed by atoms with Crippen LogP contribution in [0.5, 0.6) is 0 Å². The summed E-state index contributed by atoms with van der Waals surface area (Å²) in [6, 6.07) is 5.70. The summed E-state index contributed by atoms with van der Waals surface area (Å²) in [5.41, 5.74) is 0. The van der Waals surface area contributed by atoms with Crippen LogP contribution in [0.4, 0.5) is 5.82 Å². The average Bonchev–Trinajstić information content (AvgIpc) is 2.79. The van der Waals surface area contributed by atoms with Crippen molar-refractivity contribution in [1.29, 1.82) is 0 Å². The van der Waals surface area contributed by atoms with E-state index in [-0.39, 0.29) is 0 Å². The number of anilines is 1. The summed E-state index contributed by atoms with van der Waals surface area (Å²) >= 11 is 1.59. The van der Waals surface area contributed by atoms with Crippen LogP contribution in [0.3, 0.4) is 0 Å². The molecule has 0 spiro atoms. The van der Waals surface area contributed by atoms with E-state index < -0.39 is 0 Å². The molecule has 0 aliphatic heterocycles. The second-order valence-corrected chi connectivity index (χ2v) is 3.71. The molecule has 15 heavy (non-hydrogen) atoms. The maximum atomic E-state index is 5.20. The zero-order valence-corrected chi connectivity index (χ0v) is 9.12. The molecule has 2 aromatic heterocycles. The van der Waals surface area contributed by atoms with Crippen LogP contribution in [-0.2, 0) is 6.54 Å². The molecule has 78 valence electrons. The quantitative estimate of drug-likeness (QED) is 0.634. The number of aromatic nitrogens is 2. The fourth-order valence-corrected chi connectivity index (χ4v) is 1.52. The Morgan fingerprint density at radius 1 is 1.47 bits per heavy atom. The van der Waals surface area contributed by atoms with Gasteiger partial charge < -0.3 is 9.73 Å². The normalized spacial score (nSPS) is 10.2. The Balaban J connectivity index is 1.98. The molecule has 0 amide bonds. The third-order valence-electron chi connectivity index (χ3n) is 1.87. The van der Waals surface area contributed by atoms with Crippen molar-refractivity contribution in [3.8, 4) is 0 Å². The summed E-state index contributed by atoms with van der Waals surface area (Å²) in [6.45, 7) is 0.637. The van der Waals surface area contributed by atoms with Crippen molar-refractivity contribution in [2.75, 3.05) is 11.6 Å². The van der Waals surface area contributed by atoms with Crippen molar-refractivity contribution in [3.63, 3.8) is 0 Å². The summed E-state index contributed by atoms with van der Waals surface area (Å²) in [5, 5.41) is 4.11. The van der Waals surface area contributed by atoms with Crippen LogP contribution in [0.15, 0.2) is 40.2 Å². The first kappa shape index (κ1) is 10.0. The molecule has 0 saturated carbocycles. The molecule has 0 aliphatic carbocycles. The van der Waals surface area contributed by atoms with E-state index in [0.717, 1.165) is 16.6 Å². The van der Waals surface area contributed by atoms with Gasteiger partial charge in [0.25, 0.3) is 0 Å². The SMILES string of the molecule is CSc1cc(NCc2ccco2)ncn1. The number of hydrogen-bond acceptors (Lipinski definition) is 5. The van der Waals surface area contributed by atoms with E-state index in [1.807, 2.05) is 24.5 Å². The lowest BCUT2D eigenvalue weighted by Gasteiger charge is -2.03. The van der Waals surface area contributed by atoms with Crippen molar-refractivity contribution in [1.82, 2.24) is 9.97 Å². The van der Waals surface area contributed by atoms with Gasteiger partial charge in [0, 0.05) is 6.07 Å². The molecule has 0 aromatic carbocycles. The number of rotatable bonds is 4. The topological polar surface area (TPSA) is 51.0 Å². The molecule has 1 N–H and O–H groups in total. The molecule has 4 nitrogen and oxygen atoms in total. The molecule has 0 bridgehead atoms. The third-order valence-corrected chi connectivity index (χ3v) is 2.52. The second kappa shape index (κ2) is 4.84. The Bertz CT molecular complexity index is 416. The molecule has 0 unspecified atom stereocenters. The maximum Gasteiger partial charge on any atom is 0.130 e. The Hall–Kier alpha value is -1.49. The Kier molecular flexibility index (Phi) is 3.24. The molecule has 2 rings (SSSR count). The maximum absolute atomic E-state index is 5.20. The van der Waals surface area contributed by atoms with Crippen molar-refractivity contribution in [3.05, 3.63) is 36.5 Å². The Labute approximate surface area is 92.1 Å². The lowest BCUT2D eigenvalue weighted by Crippen LogP contribution is -2.00. The van der Waals surface area contributed by atoms with Gasteiger partial charge in [-0.3, -0.25) is 0 Å². The predicted molar refractivity (Wildman–Crippen MR) is 59.8 cm³/mol. The highest BCUT2D eigenvalue weighted by Crippen LogP contribution is 2.14. The molecular formula is C10H11N3OS. The molecule has 2 aromatic rings. The summed E-state index contributed by atoms with van der Waals surface area (Å²) in [7, 11) is 0. The standard InChI is InChI=1S/C10H11N3OS/c1-15-10-5-9(12-7-13-10)11-6-8-3-2-4-14-8/h2-5,7H,6H2,1H3,(H,11,12,13). The van der Waals surface area contributed by atoms with Gasteiger partial charge in [0.2, 0.25) is 0 Å². The van der Waals surface area contributed by atoms with Gasteiger partial charge in [-0.25, -0.2) is 9.97 Å². The van der Waals surface area contributed by atoms with Gasteiger partial charge in [0.1, 0.15) is 22.9 Å². The van der Waals surface area contributed by atoms with Crippen molar-refractivity contribution < 1.29 is 4.42 Å². The highest BCUT2D eigenvalue weighted by molar-refractivity contribution is 7.98. The molecule has 0 atom stereocenters. The Morgan fingerprint density at radius 2 is 2.40 bits per heavy atom. The zero-order chi connectivity index (χ0) is 10.5. The average molecular weight is 221 g/mol. The minimum atomic E-state index is 0.637. The van der Waals surface area contributed by atoms with Gasteiger partial charge in [-0.15, -0.1) is 11.8 Å². The largest absolute Gasteiger partial charge is 0.467 e. The van der Waals surface area contributed by atoms with E-state index in [9.17, 15) is 0 Å². The molecule has 0 saturated heterocycles. The van der Waals surface area contributed by atoms with E-state index in [2.05, 4.69) is 15.3 Å². The first-order valence-electron chi connectivity index (χ1n) is 4.51. The van der Waals surface area contributed by atoms with E-state index in [4.69, 9.17) is 4.42 Å². The first-order chi connectivity index (χ1) is 7.38. The fourth-order valence-electron chi connectivity index (χ4n) is 1.14. The molecule has 0 fully saturated rings. The highest BCUT2D eigenvalue weighted by Gasteiger charge is 1.98. The minimum Gasteiger partial charge on any atom is -0.467 e. The fraction of sp³-hybridized carbons (Fsp3) is 0.200. The van der Waals surface area contributed by atoms with Crippen LogP contribution in [0.2, 0.25) is 0 Å². The van der Waals surface area contributed by atoms with Crippen molar-refractivity contribution in [2.45, 2.75) is 11.6 Å². The summed E-state index contributed by atoms with van der Waals surface area (Å²) in [4.78, 5) is 8.20. The van der Waals surface area contributed by atoms with Gasteiger partial charge in [-0.2, -0.15) is 0 Å². The molecule has 0 aliphatic rings. The van der Waals surface area contributed by atoms with Crippen LogP contribution >= 0.6 is 11.8 Å². The van der Waals surface area contributed by atoms with E-state index in [1.165, 1.54) is 0 Å². The molecular weight excluding hydrogens is 210 g/mol. The van der Waals surface area contributed by atoms with Crippen LogP contribution in [0.1, 0.15) is 5.76 Å². The van der Waals surface area contributed by atoms with Gasteiger partial charge in [0.05, 0.1) is 12.8 Å². The molecule has 2 heterocycles. The summed E-state index contributed by atoms with van der Waals surface area (Å²) < 4.78 is 5.20. The summed E-state index contributed by atoms with van der Waals surface area (Å²) in [6.07, 6.45) is 5.19. The third kappa shape index (κ3) is 2.73. The smallest absolute Gasteiger partial charge is 0.130 e. The lowest BCUT2D eigenvalue weighted by molar-refractivity contribution is 0.517. The number of hydrogen-bond donors (Lipinski definition) is 1. The zero-order valence-electron chi connectivity index (χ0n) is 8.30. The molecule has 0 radical (unpaired) electrons. The highest BCUT2D eigenvalue weighted by atomic mass is 32.2. The van der Waals surface area contributed by atoms with Crippen LogP contribution in [0.25, 0.3) is 0 Å². The molecule has 5 heteroatoms. The van der Waals surface area contributed by atoms with Crippen LogP contribution in [0, 0.1) is 0 Å². The Morgan fingerprint density at radius 3 is 3.13 bits per heavy atom. The number of nitrogens with one attached hydrogen (secondary N) is 1. The van der Waals surface area contributed by atoms with Gasteiger partial charge in [0.15, 0.2) is 0 Å². The monoisotopic (exact) mass is 221 g/mol. The first-order valence-corrected chi connectivity index (χ1v) is 5.73. The lowest BCUT2D eigenvalue weighted by atomic mass is 10.4. The van der Waals surface area contributed by atoms with Crippen LogP contribution < -0.4 is 5.32 Å². The van der Waals surface area contributed by atoms with E-state index in [1.54, 1.807) is 24.4 Å². The van der Waals surface area contributed by atoms with Crippen molar-refractivity contribution in [2.24, 2.45) is 0 Å². The number of thioether (sulfide) groups is 1. The predicted octanol–water partition coefficient (Wildman–Crippen LogP) is 2.40. The minimum absolute atomic E-state index is 0.637. The number of furan rings is 1. The van der Waals surface area contributed by atoms with Gasteiger partial charge in [-0.05, 0) is 18.4 Å². The van der Waals surface area contributed by atoms with E-state index in [0.29, 0.717) is 6.54 Å². The second-order valence-electron chi connectivity index (χ2n) is 2.88. The number of nitrogens with zero attached hydrogens (tertiary/aromatic N) is 2.